The van der Waals surface area contributed by atoms with Crippen LogP contribution in [0.3, 0.4) is 0 Å². The Morgan fingerprint density at radius 3 is 2.46 bits per heavy atom. The van der Waals surface area contributed by atoms with Gasteiger partial charge in [-0.15, -0.1) is 0 Å². The fourth-order valence-electron chi connectivity index (χ4n) is 0.479. The maximum Gasteiger partial charge on any atom is 0.350 e. The number of carboxylic acid groups (broad SMARTS) is 1. The Hall–Kier alpha value is -1.03. The lowest BCUT2D eigenvalue weighted by atomic mass is 10.2. The molecule has 0 rings (SSSR count). The molecule has 0 aliphatic carbocycles. The molecular weight excluding hydrogens is 196 g/mol. The maximum atomic E-state index is 10.9. The van der Waals surface area contributed by atoms with Gasteiger partial charge in [0.15, 0.2) is 0 Å². The SMILES string of the molecule is CC(C)COC(=O)C(Cl)=CC(=O)O. The molecule has 5 heteroatoms. The molecule has 4 nitrogen and oxygen atoms in total. The van der Waals surface area contributed by atoms with E-state index in [-0.39, 0.29) is 12.5 Å². The highest BCUT2D eigenvalue weighted by atomic mass is 35.5. The van der Waals surface area contributed by atoms with Crippen molar-refractivity contribution in [2.45, 2.75) is 13.8 Å². The number of carboxylic acids is 1. The first-order valence-electron chi connectivity index (χ1n) is 3.70. The van der Waals surface area contributed by atoms with Gasteiger partial charge in [-0.05, 0) is 5.92 Å². The zero-order valence-electron chi connectivity index (χ0n) is 7.41. The van der Waals surface area contributed by atoms with Crippen LogP contribution in [0.4, 0.5) is 0 Å². The number of rotatable bonds is 4. The monoisotopic (exact) mass is 206 g/mol. The highest BCUT2D eigenvalue weighted by Crippen LogP contribution is 2.05. The first kappa shape index (κ1) is 12.0. The zero-order valence-corrected chi connectivity index (χ0v) is 8.17. The predicted molar refractivity (Wildman–Crippen MR) is 47.4 cm³/mol. The molecule has 0 unspecified atom stereocenters. The average molecular weight is 207 g/mol. The predicted octanol–water partition coefficient (Wildman–Crippen LogP) is 1.39. The van der Waals surface area contributed by atoms with Crippen LogP contribution >= 0.6 is 11.6 Å². The summed E-state index contributed by atoms with van der Waals surface area (Å²) in [4.78, 5) is 21.0. The number of carbonyl (C=O) groups excluding carboxylic acids is 1. The zero-order chi connectivity index (χ0) is 10.4. The second kappa shape index (κ2) is 5.59. The van der Waals surface area contributed by atoms with Crippen molar-refractivity contribution in [1.82, 2.24) is 0 Å². The van der Waals surface area contributed by atoms with Gasteiger partial charge in [0.05, 0.1) is 6.61 Å². The summed E-state index contributed by atoms with van der Waals surface area (Å²) in [6.07, 6.45) is 0.601. The van der Waals surface area contributed by atoms with Gasteiger partial charge in [0.2, 0.25) is 0 Å². The molecule has 0 amide bonds. The first-order valence-corrected chi connectivity index (χ1v) is 4.08. The number of halogens is 1. The molecular formula is C8H11ClO4. The van der Waals surface area contributed by atoms with Gasteiger partial charge in [-0.25, -0.2) is 9.59 Å². The highest BCUT2D eigenvalue weighted by Gasteiger charge is 2.10. The summed E-state index contributed by atoms with van der Waals surface area (Å²) in [6, 6.07) is 0. The summed E-state index contributed by atoms with van der Waals surface area (Å²) in [5, 5.41) is 7.82. The maximum absolute atomic E-state index is 10.9. The molecule has 74 valence electrons. The third-order valence-corrected chi connectivity index (χ3v) is 1.26. The number of hydrogen-bond donors (Lipinski definition) is 1. The molecule has 0 spiro atoms. The Labute approximate surface area is 81.1 Å². The summed E-state index contributed by atoms with van der Waals surface area (Å²) in [5.74, 6) is -1.89. The molecule has 1 N–H and O–H groups in total. The van der Waals surface area contributed by atoms with Crippen LogP contribution in [0.15, 0.2) is 11.1 Å². The molecule has 0 saturated heterocycles. The van der Waals surface area contributed by atoms with Crippen molar-refractivity contribution in [1.29, 1.82) is 0 Å². The van der Waals surface area contributed by atoms with E-state index < -0.39 is 17.0 Å². The number of esters is 1. The lowest BCUT2D eigenvalue weighted by Crippen LogP contribution is -2.10. The van der Waals surface area contributed by atoms with Gasteiger partial charge >= 0.3 is 11.9 Å². The quantitative estimate of drug-likeness (QED) is 0.558. The van der Waals surface area contributed by atoms with E-state index >= 15 is 0 Å². The van der Waals surface area contributed by atoms with Crippen molar-refractivity contribution < 1.29 is 19.4 Å². The topological polar surface area (TPSA) is 63.6 Å². The standard InChI is InChI=1S/C8H11ClO4/c1-5(2)4-13-8(12)6(9)3-7(10)11/h3,5H,4H2,1-2H3,(H,10,11). The lowest BCUT2D eigenvalue weighted by Gasteiger charge is -2.05. The van der Waals surface area contributed by atoms with E-state index in [1.165, 1.54) is 0 Å². The number of ether oxygens (including phenoxy) is 1. The van der Waals surface area contributed by atoms with Gasteiger partial charge in [-0.1, -0.05) is 25.4 Å². The minimum absolute atomic E-state index is 0.193. The van der Waals surface area contributed by atoms with Crippen LogP contribution in [0.5, 0.6) is 0 Å². The van der Waals surface area contributed by atoms with Crippen molar-refractivity contribution in [2.75, 3.05) is 6.61 Å². The molecule has 0 atom stereocenters. The Morgan fingerprint density at radius 1 is 1.54 bits per heavy atom. The molecule has 0 aromatic carbocycles. The third-order valence-electron chi connectivity index (χ3n) is 0.993. The second-order valence-corrected chi connectivity index (χ2v) is 3.23. The van der Waals surface area contributed by atoms with Gasteiger partial charge in [0.25, 0.3) is 0 Å². The molecule has 0 radical (unpaired) electrons. The Kier molecular flexibility index (Phi) is 5.14. The van der Waals surface area contributed by atoms with E-state index in [2.05, 4.69) is 4.74 Å². The molecule has 0 saturated carbocycles. The second-order valence-electron chi connectivity index (χ2n) is 2.82. The third kappa shape index (κ3) is 6.16. The van der Waals surface area contributed by atoms with Gasteiger partial charge in [-0.3, -0.25) is 0 Å². The van der Waals surface area contributed by atoms with Crippen LogP contribution in [0.25, 0.3) is 0 Å². The van der Waals surface area contributed by atoms with Crippen LogP contribution in [0, 0.1) is 5.92 Å². The fraction of sp³-hybridized carbons (Fsp3) is 0.500. The van der Waals surface area contributed by atoms with Crippen molar-refractivity contribution in [3.63, 3.8) is 0 Å². The Morgan fingerprint density at radius 2 is 2.08 bits per heavy atom. The molecule has 0 aliphatic rings. The summed E-state index contributed by atoms with van der Waals surface area (Å²) < 4.78 is 4.66. The van der Waals surface area contributed by atoms with Crippen molar-refractivity contribution in [2.24, 2.45) is 5.92 Å². The number of aliphatic carboxylic acids is 1. The van der Waals surface area contributed by atoms with Crippen LogP contribution in [0.1, 0.15) is 13.8 Å². The fourth-order valence-corrected chi connectivity index (χ4v) is 0.627. The van der Waals surface area contributed by atoms with E-state index in [0.29, 0.717) is 6.08 Å². The summed E-state index contributed by atoms with van der Waals surface area (Å²) >= 11 is 5.32. The highest BCUT2D eigenvalue weighted by molar-refractivity contribution is 6.42. The van der Waals surface area contributed by atoms with E-state index in [9.17, 15) is 9.59 Å². The largest absolute Gasteiger partial charge is 0.478 e. The van der Waals surface area contributed by atoms with Crippen molar-refractivity contribution in [3.05, 3.63) is 11.1 Å². The molecule has 0 aliphatic heterocycles. The smallest absolute Gasteiger partial charge is 0.350 e. The van der Waals surface area contributed by atoms with Gasteiger partial charge < -0.3 is 9.84 Å². The molecule has 0 aromatic heterocycles. The van der Waals surface area contributed by atoms with Gasteiger partial charge in [0, 0.05) is 6.08 Å². The van der Waals surface area contributed by atoms with E-state index in [1.807, 2.05) is 13.8 Å². The van der Waals surface area contributed by atoms with Crippen LogP contribution in [0.2, 0.25) is 0 Å². The molecule has 0 bridgehead atoms. The Balaban J connectivity index is 4.04. The summed E-state index contributed by atoms with van der Waals surface area (Å²) in [5.41, 5.74) is 0. The van der Waals surface area contributed by atoms with E-state index in [1.54, 1.807) is 0 Å². The lowest BCUT2D eigenvalue weighted by molar-refractivity contribution is -0.140. The van der Waals surface area contributed by atoms with E-state index in [4.69, 9.17) is 16.7 Å². The number of hydrogen-bond acceptors (Lipinski definition) is 3. The van der Waals surface area contributed by atoms with Gasteiger partial charge in [-0.2, -0.15) is 0 Å². The van der Waals surface area contributed by atoms with Crippen LogP contribution < -0.4 is 0 Å². The number of carbonyl (C=O) groups is 2. The summed E-state index contributed by atoms with van der Waals surface area (Å²) in [7, 11) is 0. The molecule has 0 aromatic rings. The normalized spacial score (nSPS) is 11.5. The van der Waals surface area contributed by atoms with E-state index in [0.717, 1.165) is 0 Å². The van der Waals surface area contributed by atoms with Gasteiger partial charge in [0.1, 0.15) is 5.03 Å². The molecule has 0 heterocycles. The molecule has 13 heavy (non-hydrogen) atoms. The van der Waals surface area contributed by atoms with Crippen molar-refractivity contribution >= 4 is 23.5 Å². The van der Waals surface area contributed by atoms with Crippen LogP contribution in [-0.4, -0.2) is 23.7 Å². The Bertz CT molecular complexity index is 232. The first-order chi connectivity index (χ1) is 5.93. The van der Waals surface area contributed by atoms with Crippen LogP contribution in [-0.2, 0) is 14.3 Å². The average Bonchev–Trinajstić information content (AvgIpc) is 1.98. The van der Waals surface area contributed by atoms with Crippen molar-refractivity contribution in [3.8, 4) is 0 Å². The molecule has 0 fully saturated rings. The summed E-state index contributed by atoms with van der Waals surface area (Å²) in [6.45, 7) is 3.95. The minimum Gasteiger partial charge on any atom is -0.478 e. The minimum atomic E-state index is -1.27.